The average molecular weight is 208 g/mol. The molecule has 1 unspecified atom stereocenters. The van der Waals surface area contributed by atoms with E-state index in [1.165, 1.54) is 0 Å². The van der Waals surface area contributed by atoms with Crippen LogP contribution in [0.1, 0.15) is 11.5 Å². The minimum Gasteiger partial charge on any atom is -0.392 e. The molecular formula is C10H12N2OS. The van der Waals surface area contributed by atoms with Crippen LogP contribution >= 0.6 is 12.2 Å². The molecule has 3 N–H and O–H groups in total. The van der Waals surface area contributed by atoms with Crippen molar-refractivity contribution >= 4 is 23.1 Å². The van der Waals surface area contributed by atoms with Gasteiger partial charge < -0.3 is 11.1 Å². The van der Waals surface area contributed by atoms with E-state index in [0.717, 1.165) is 5.56 Å². The molecule has 0 aromatic heterocycles. The number of carbonyl (C=O) groups excluding carboxylic acids is 1. The molecule has 0 radical (unpaired) electrons. The predicted octanol–water partition coefficient (Wildman–Crippen LogP) is 0.802. The van der Waals surface area contributed by atoms with Crippen LogP contribution in [0.25, 0.3) is 0 Å². The molecule has 1 amide bonds. The van der Waals surface area contributed by atoms with Gasteiger partial charge in [0, 0.05) is 7.05 Å². The molecule has 3 nitrogen and oxygen atoms in total. The number of hydrogen-bond acceptors (Lipinski definition) is 2. The summed E-state index contributed by atoms with van der Waals surface area (Å²) in [6, 6.07) is 9.25. The Labute approximate surface area is 88.3 Å². The molecule has 1 aromatic carbocycles. The number of nitrogens with two attached hydrogens (primary N) is 1. The van der Waals surface area contributed by atoms with Gasteiger partial charge in [-0.15, -0.1) is 0 Å². The zero-order chi connectivity index (χ0) is 10.6. The highest BCUT2D eigenvalue weighted by atomic mass is 32.1. The van der Waals surface area contributed by atoms with E-state index < -0.39 is 5.92 Å². The zero-order valence-corrected chi connectivity index (χ0v) is 8.67. The fourth-order valence-electron chi connectivity index (χ4n) is 1.23. The molecule has 0 aliphatic carbocycles. The van der Waals surface area contributed by atoms with Gasteiger partial charge in [0.25, 0.3) is 0 Å². The molecule has 74 valence electrons. The number of nitrogens with one attached hydrogen (secondary N) is 1. The van der Waals surface area contributed by atoms with Gasteiger partial charge in [-0.3, -0.25) is 4.79 Å². The molecule has 0 aliphatic heterocycles. The second-order valence-electron chi connectivity index (χ2n) is 2.86. The van der Waals surface area contributed by atoms with E-state index in [4.69, 9.17) is 18.0 Å². The lowest BCUT2D eigenvalue weighted by molar-refractivity contribution is -0.120. The minimum atomic E-state index is -0.531. The van der Waals surface area contributed by atoms with Crippen molar-refractivity contribution in [1.29, 1.82) is 0 Å². The van der Waals surface area contributed by atoms with Crippen molar-refractivity contribution in [2.75, 3.05) is 7.05 Å². The molecule has 1 aromatic rings. The summed E-state index contributed by atoms with van der Waals surface area (Å²) in [7, 11) is 1.57. The van der Waals surface area contributed by atoms with E-state index in [2.05, 4.69) is 5.32 Å². The first-order valence-corrected chi connectivity index (χ1v) is 4.63. The summed E-state index contributed by atoms with van der Waals surface area (Å²) in [5.74, 6) is -0.708. The highest BCUT2D eigenvalue weighted by Gasteiger charge is 2.21. The van der Waals surface area contributed by atoms with Crippen LogP contribution < -0.4 is 11.1 Å². The van der Waals surface area contributed by atoms with Crippen LogP contribution in [-0.2, 0) is 4.79 Å². The van der Waals surface area contributed by atoms with Crippen molar-refractivity contribution < 1.29 is 4.79 Å². The van der Waals surface area contributed by atoms with Crippen LogP contribution in [-0.4, -0.2) is 17.9 Å². The fourth-order valence-corrected chi connectivity index (χ4v) is 1.48. The Morgan fingerprint density at radius 1 is 1.43 bits per heavy atom. The smallest absolute Gasteiger partial charge is 0.234 e. The van der Waals surface area contributed by atoms with Crippen LogP contribution in [0.2, 0.25) is 0 Å². The van der Waals surface area contributed by atoms with Crippen LogP contribution in [0.4, 0.5) is 0 Å². The first kappa shape index (κ1) is 10.7. The maximum Gasteiger partial charge on any atom is 0.234 e. The van der Waals surface area contributed by atoms with Crippen molar-refractivity contribution in [3.63, 3.8) is 0 Å². The van der Waals surface area contributed by atoms with Gasteiger partial charge in [-0.05, 0) is 5.56 Å². The third-order valence-corrected chi connectivity index (χ3v) is 2.16. The average Bonchev–Trinajstić information content (AvgIpc) is 2.19. The molecule has 0 saturated carbocycles. The Balaban J connectivity index is 3.01. The standard InChI is InChI=1S/C10H12N2OS/c1-12-10(13)8(9(11)14)7-5-3-2-4-6-7/h2-6,8H,1H3,(H2,11,14)(H,12,13). The topological polar surface area (TPSA) is 55.1 Å². The molecule has 1 atom stereocenters. The van der Waals surface area contributed by atoms with E-state index in [1.807, 2.05) is 30.3 Å². The summed E-state index contributed by atoms with van der Waals surface area (Å²) in [5.41, 5.74) is 6.33. The predicted molar refractivity (Wildman–Crippen MR) is 60.0 cm³/mol. The molecule has 14 heavy (non-hydrogen) atoms. The number of thiocarbonyl (C=S) groups is 1. The lowest BCUT2D eigenvalue weighted by Gasteiger charge is -2.13. The Morgan fingerprint density at radius 3 is 2.43 bits per heavy atom. The third-order valence-electron chi connectivity index (χ3n) is 1.93. The molecule has 0 heterocycles. The fraction of sp³-hybridized carbons (Fsp3) is 0.200. The first-order chi connectivity index (χ1) is 6.66. The summed E-state index contributed by atoms with van der Waals surface area (Å²) in [5, 5.41) is 2.54. The zero-order valence-electron chi connectivity index (χ0n) is 7.86. The second kappa shape index (κ2) is 4.72. The van der Waals surface area contributed by atoms with Gasteiger partial charge >= 0.3 is 0 Å². The van der Waals surface area contributed by atoms with Crippen LogP contribution in [0.5, 0.6) is 0 Å². The Morgan fingerprint density at radius 2 is 2.00 bits per heavy atom. The molecule has 0 bridgehead atoms. The van der Waals surface area contributed by atoms with E-state index in [9.17, 15) is 4.79 Å². The van der Waals surface area contributed by atoms with Gasteiger partial charge in [-0.1, -0.05) is 42.5 Å². The lowest BCUT2D eigenvalue weighted by atomic mass is 9.98. The highest BCUT2D eigenvalue weighted by Crippen LogP contribution is 2.15. The van der Waals surface area contributed by atoms with E-state index in [0.29, 0.717) is 0 Å². The number of amides is 1. The van der Waals surface area contributed by atoms with E-state index in [-0.39, 0.29) is 10.9 Å². The Hall–Kier alpha value is -1.42. The second-order valence-corrected chi connectivity index (χ2v) is 3.33. The summed E-state index contributed by atoms with van der Waals surface area (Å²) in [4.78, 5) is 11.7. The van der Waals surface area contributed by atoms with Crippen LogP contribution in [0, 0.1) is 0 Å². The molecular weight excluding hydrogens is 196 g/mol. The monoisotopic (exact) mass is 208 g/mol. The molecule has 0 spiro atoms. The lowest BCUT2D eigenvalue weighted by Crippen LogP contribution is -2.34. The first-order valence-electron chi connectivity index (χ1n) is 4.22. The quantitative estimate of drug-likeness (QED) is 0.722. The van der Waals surface area contributed by atoms with Gasteiger partial charge in [0.05, 0.1) is 4.99 Å². The Kier molecular flexibility index (Phi) is 3.59. The number of likely N-dealkylation sites (N-methyl/N-ethyl adjacent to an activating group) is 1. The number of hydrogen-bond donors (Lipinski definition) is 2. The molecule has 1 rings (SSSR count). The normalized spacial score (nSPS) is 11.8. The number of carbonyl (C=O) groups is 1. The highest BCUT2D eigenvalue weighted by molar-refractivity contribution is 7.80. The van der Waals surface area contributed by atoms with Gasteiger partial charge in [0.15, 0.2) is 0 Å². The number of benzene rings is 1. The van der Waals surface area contributed by atoms with Crippen molar-refractivity contribution in [3.05, 3.63) is 35.9 Å². The molecule has 0 aliphatic rings. The molecule has 0 saturated heterocycles. The largest absolute Gasteiger partial charge is 0.392 e. The SMILES string of the molecule is CNC(=O)C(C(N)=S)c1ccccc1. The Bertz CT molecular complexity index is 337. The summed E-state index contributed by atoms with van der Waals surface area (Å²) < 4.78 is 0. The third kappa shape index (κ3) is 2.29. The van der Waals surface area contributed by atoms with Crippen LogP contribution in [0.3, 0.4) is 0 Å². The van der Waals surface area contributed by atoms with E-state index >= 15 is 0 Å². The van der Waals surface area contributed by atoms with Crippen LogP contribution in [0.15, 0.2) is 30.3 Å². The maximum absolute atomic E-state index is 11.5. The van der Waals surface area contributed by atoms with Crippen molar-refractivity contribution in [2.45, 2.75) is 5.92 Å². The summed E-state index contributed by atoms with van der Waals surface area (Å²) in [6.45, 7) is 0. The van der Waals surface area contributed by atoms with Gasteiger partial charge in [0.1, 0.15) is 5.92 Å². The van der Waals surface area contributed by atoms with Gasteiger partial charge in [-0.2, -0.15) is 0 Å². The van der Waals surface area contributed by atoms with Crippen molar-refractivity contribution in [2.24, 2.45) is 5.73 Å². The maximum atomic E-state index is 11.5. The minimum absolute atomic E-state index is 0.177. The molecule has 0 fully saturated rings. The summed E-state index contributed by atoms with van der Waals surface area (Å²) >= 11 is 4.86. The number of rotatable bonds is 3. The van der Waals surface area contributed by atoms with E-state index in [1.54, 1.807) is 7.05 Å². The summed E-state index contributed by atoms with van der Waals surface area (Å²) in [6.07, 6.45) is 0. The molecule has 4 heteroatoms. The van der Waals surface area contributed by atoms with Gasteiger partial charge in [0.2, 0.25) is 5.91 Å². The van der Waals surface area contributed by atoms with Crippen molar-refractivity contribution in [3.8, 4) is 0 Å². The van der Waals surface area contributed by atoms with Gasteiger partial charge in [-0.25, -0.2) is 0 Å². The van der Waals surface area contributed by atoms with Crippen molar-refractivity contribution in [1.82, 2.24) is 5.32 Å².